The van der Waals surface area contributed by atoms with Crippen LogP contribution in [0, 0.1) is 0 Å². The summed E-state index contributed by atoms with van der Waals surface area (Å²) in [4.78, 5) is 13.8. The van der Waals surface area contributed by atoms with E-state index in [1.165, 1.54) is 0 Å². The van der Waals surface area contributed by atoms with Crippen LogP contribution in [0.4, 0.5) is 0 Å². The number of esters is 1. The first-order chi connectivity index (χ1) is 10.1. The Morgan fingerprint density at radius 3 is 2.43 bits per heavy atom. The van der Waals surface area contributed by atoms with Crippen LogP contribution >= 0.6 is 11.8 Å². The highest BCUT2D eigenvalue weighted by Gasteiger charge is 2.11. The highest BCUT2D eigenvalue weighted by Crippen LogP contribution is 2.29. The fraction of sp³-hybridized carbons (Fsp3) is 0.188. The van der Waals surface area contributed by atoms with Crippen molar-refractivity contribution in [3.8, 4) is 5.75 Å². The third-order valence-electron chi connectivity index (χ3n) is 2.77. The Morgan fingerprint density at radius 2 is 1.81 bits per heavy atom. The van der Waals surface area contributed by atoms with E-state index < -0.39 is 16.8 Å². The standard InChI is InChI=1S/C16H16O3S2/c1-3-20-15-7-5-4-6-14(15)19-16(17)12-8-10-13(11-9-12)21(2)18/h4-11H,3H2,1-2H3/t21-/m1/s1. The van der Waals surface area contributed by atoms with Crippen molar-refractivity contribution in [3.05, 3.63) is 54.1 Å². The highest BCUT2D eigenvalue weighted by atomic mass is 32.2. The Morgan fingerprint density at radius 1 is 1.14 bits per heavy atom. The van der Waals surface area contributed by atoms with Crippen LogP contribution in [0.5, 0.6) is 5.75 Å². The molecule has 1 atom stereocenters. The molecule has 0 bridgehead atoms. The van der Waals surface area contributed by atoms with Gasteiger partial charge in [0, 0.05) is 22.0 Å². The molecule has 0 aliphatic heterocycles. The van der Waals surface area contributed by atoms with Crippen LogP contribution in [0.1, 0.15) is 17.3 Å². The molecule has 2 aromatic rings. The molecule has 5 heteroatoms. The number of hydrogen-bond donors (Lipinski definition) is 0. The second kappa shape index (κ2) is 7.43. The molecule has 0 unspecified atom stereocenters. The monoisotopic (exact) mass is 320 g/mol. The zero-order chi connectivity index (χ0) is 15.2. The number of hydrogen-bond acceptors (Lipinski definition) is 4. The molecule has 0 saturated carbocycles. The predicted octanol–water partition coefficient (Wildman–Crippen LogP) is 3.76. The highest BCUT2D eigenvalue weighted by molar-refractivity contribution is 7.99. The molecule has 0 aliphatic rings. The quantitative estimate of drug-likeness (QED) is 0.478. The summed E-state index contributed by atoms with van der Waals surface area (Å²) in [6.07, 6.45) is 1.60. The van der Waals surface area contributed by atoms with Crippen LogP contribution in [0.25, 0.3) is 0 Å². The molecule has 3 nitrogen and oxygen atoms in total. The van der Waals surface area contributed by atoms with Crippen molar-refractivity contribution in [1.29, 1.82) is 0 Å². The maximum Gasteiger partial charge on any atom is 0.343 e. The van der Waals surface area contributed by atoms with Gasteiger partial charge in [-0.2, -0.15) is 0 Å². The third-order valence-corrected chi connectivity index (χ3v) is 4.65. The molecule has 0 N–H and O–H groups in total. The molecule has 0 spiro atoms. The molecule has 2 aromatic carbocycles. The molecule has 2 rings (SSSR count). The van der Waals surface area contributed by atoms with Crippen LogP contribution in [0.2, 0.25) is 0 Å². The minimum atomic E-state index is -1.05. The number of carbonyl (C=O) groups excluding carboxylic acids is 1. The van der Waals surface area contributed by atoms with E-state index in [4.69, 9.17) is 4.74 Å². The van der Waals surface area contributed by atoms with Crippen molar-refractivity contribution in [2.24, 2.45) is 0 Å². The number of carbonyl (C=O) groups is 1. The van der Waals surface area contributed by atoms with E-state index in [0.717, 1.165) is 10.6 Å². The molecule has 110 valence electrons. The molecule has 0 heterocycles. The van der Waals surface area contributed by atoms with Crippen LogP contribution in [-0.4, -0.2) is 22.2 Å². The van der Waals surface area contributed by atoms with Gasteiger partial charge < -0.3 is 4.74 Å². The smallest absolute Gasteiger partial charge is 0.343 e. The number of para-hydroxylation sites is 1. The zero-order valence-corrected chi connectivity index (χ0v) is 13.5. The average Bonchev–Trinajstić information content (AvgIpc) is 2.49. The van der Waals surface area contributed by atoms with E-state index in [0.29, 0.717) is 16.2 Å². The molecule has 0 aromatic heterocycles. The Balaban J connectivity index is 2.16. The summed E-state index contributed by atoms with van der Waals surface area (Å²) in [5.41, 5.74) is 0.445. The average molecular weight is 320 g/mol. The summed E-state index contributed by atoms with van der Waals surface area (Å²) in [5.74, 6) is 1.07. The summed E-state index contributed by atoms with van der Waals surface area (Å²) < 4.78 is 16.8. The summed E-state index contributed by atoms with van der Waals surface area (Å²) in [6.45, 7) is 2.05. The van der Waals surface area contributed by atoms with Gasteiger partial charge in [-0.3, -0.25) is 4.21 Å². The van der Waals surface area contributed by atoms with Gasteiger partial charge in [0.1, 0.15) is 5.75 Å². The van der Waals surface area contributed by atoms with Gasteiger partial charge in [-0.05, 0) is 42.2 Å². The molecular formula is C16H16O3S2. The number of rotatable bonds is 5. The Bertz CT molecular complexity index is 651. The minimum Gasteiger partial charge on any atom is -0.422 e. The second-order valence-corrected chi connectivity index (χ2v) is 6.93. The van der Waals surface area contributed by atoms with Gasteiger partial charge in [0.25, 0.3) is 0 Å². The van der Waals surface area contributed by atoms with Crippen LogP contribution in [-0.2, 0) is 10.8 Å². The Labute approximate surface area is 131 Å². The maximum absolute atomic E-state index is 12.1. The normalized spacial score (nSPS) is 11.9. The van der Waals surface area contributed by atoms with Crippen LogP contribution in [0.3, 0.4) is 0 Å². The lowest BCUT2D eigenvalue weighted by atomic mass is 10.2. The van der Waals surface area contributed by atoms with Crippen molar-refractivity contribution in [3.63, 3.8) is 0 Å². The van der Waals surface area contributed by atoms with Gasteiger partial charge in [0.05, 0.1) is 10.5 Å². The SMILES string of the molecule is CCSc1ccccc1OC(=O)c1ccc([S@@](C)=O)cc1. The van der Waals surface area contributed by atoms with E-state index in [1.807, 2.05) is 25.1 Å². The van der Waals surface area contributed by atoms with E-state index in [2.05, 4.69) is 0 Å². The van der Waals surface area contributed by atoms with Crippen LogP contribution < -0.4 is 4.74 Å². The summed E-state index contributed by atoms with van der Waals surface area (Å²) in [7, 11) is -1.05. The van der Waals surface area contributed by atoms with E-state index >= 15 is 0 Å². The van der Waals surface area contributed by atoms with Gasteiger partial charge in [0.2, 0.25) is 0 Å². The number of ether oxygens (including phenoxy) is 1. The van der Waals surface area contributed by atoms with Gasteiger partial charge in [-0.15, -0.1) is 11.8 Å². The molecule has 0 radical (unpaired) electrons. The van der Waals surface area contributed by atoms with E-state index in [9.17, 15) is 9.00 Å². The first-order valence-corrected chi connectivity index (χ1v) is 9.03. The minimum absolute atomic E-state index is 0.410. The number of benzene rings is 2. The van der Waals surface area contributed by atoms with Crippen molar-refractivity contribution in [1.82, 2.24) is 0 Å². The fourth-order valence-electron chi connectivity index (χ4n) is 1.75. The first kappa shape index (κ1) is 15.8. The zero-order valence-electron chi connectivity index (χ0n) is 11.9. The molecule has 0 aliphatic carbocycles. The van der Waals surface area contributed by atoms with Crippen molar-refractivity contribution in [2.45, 2.75) is 16.7 Å². The summed E-state index contributed by atoms with van der Waals surface area (Å²) >= 11 is 1.63. The van der Waals surface area contributed by atoms with Crippen molar-refractivity contribution < 1.29 is 13.7 Å². The second-order valence-electron chi connectivity index (χ2n) is 4.25. The Hall–Kier alpha value is -1.59. The first-order valence-electron chi connectivity index (χ1n) is 6.49. The van der Waals surface area contributed by atoms with Gasteiger partial charge in [-0.25, -0.2) is 4.79 Å². The molecular weight excluding hydrogens is 304 g/mol. The lowest BCUT2D eigenvalue weighted by Crippen LogP contribution is -2.09. The topological polar surface area (TPSA) is 43.4 Å². The summed E-state index contributed by atoms with van der Waals surface area (Å²) in [6, 6.07) is 14.1. The Kier molecular flexibility index (Phi) is 5.59. The van der Waals surface area contributed by atoms with Gasteiger partial charge >= 0.3 is 5.97 Å². The van der Waals surface area contributed by atoms with Gasteiger partial charge in [-0.1, -0.05) is 19.1 Å². The van der Waals surface area contributed by atoms with Crippen LogP contribution in [0.15, 0.2) is 58.3 Å². The lowest BCUT2D eigenvalue weighted by molar-refractivity contribution is 0.0730. The van der Waals surface area contributed by atoms with E-state index in [1.54, 1.807) is 48.3 Å². The summed E-state index contributed by atoms with van der Waals surface area (Å²) in [5, 5.41) is 0. The molecule has 0 fully saturated rings. The predicted molar refractivity (Wildman–Crippen MR) is 86.6 cm³/mol. The van der Waals surface area contributed by atoms with Crippen molar-refractivity contribution in [2.75, 3.05) is 12.0 Å². The molecule has 0 saturated heterocycles. The van der Waals surface area contributed by atoms with Crippen molar-refractivity contribution >= 4 is 28.5 Å². The largest absolute Gasteiger partial charge is 0.422 e. The third kappa shape index (κ3) is 4.19. The lowest BCUT2D eigenvalue weighted by Gasteiger charge is -2.09. The number of thioether (sulfide) groups is 1. The fourth-order valence-corrected chi connectivity index (χ4v) is 3.01. The molecule has 21 heavy (non-hydrogen) atoms. The maximum atomic E-state index is 12.1. The van der Waals surface area contributed by atoms with Gasteiger partial charge in [0.15, 0.2) is 0 Å². The molecule has 0 amide bonds. The van der Waals surface area contributed by atoms with E-state index in [-0.39, 0.29) is 0 Å².